The van der Waals surface area contributed by atoms with Crippen molar-refractivity contribution in [3.63, 3.8) is 0 Å². The van der Waals surface area contributed by atoms with Crippen LogP contribution in [0.3, 0.4) is 0 Å². The van der Waals surface area contributed by atoms with Crippen LogP contribution in [0.25, 0.3) is 0 Å². The van der Waals surface area contributed by atoms with Crippen molar-refractivity contribution < 1.29 is 19.8 Å². The van der Waals surface area contributed by atoms with Gasteiger partial charge in [-0.1, -0.05) is 6.42 Å². The molecule has 0 saturated heterocycles. The van der Waals surface area contributed by atoms with E-state index in [1.807, 2.05) is 6.92 Å². The van der Waals surface area contributed by atoms with E-state index in [0.717, 1.165) is 19.3 Å². The van der Waals surface area contributed by atoms with E-state index in [-0.39, 0.29) is 24.4 Å². The van der Waals surface area contributed by atoms with Crippen molar-refractivity contribution in [2.24, 2.45) is 5.41 Å². The van der Waals surface area contributed by atoms with Crippen molar-refractivity contribution in [3.8, 4) is 0 Å². The lowest BCUT2D eigenvalue weighted by atomic mass is 9.66. The maximum atomic E-state index is 12.1. The van der Waals surface area contributed by atoms with Gasteiger partial charge in [-0.15, -0.1) is 0 Å². The number of nitrogens with zero attached hydrogens (tertiary/aromatic N) is 1. The molecule has 1 aliphatic carbocycles. The number of carbonyl (C=O) groups excluding carboxylic acids is 1. The van der Waals surface area contributed by atoms with Gasteiger partial charge in [0.05, 0.1) is 18.6 Å². The van der Waals surface area contributed by atoms with Crippen molar-refractivity contribution in [1.29, 1.82) is 0 Å². The molecule has 1 aliphatic rings. The lowest BCUT2D eigenvalue weighted by Crippen LogP contribution is -2.50. The summed E-state index contributed by atoms with van der Waals surface area (Å²) < 4.78 is 0. The van der Waals surface area contributed by atoms with Crippen molar-refractivity contribution in [2.75, 3.05) is 19.6 Å². The highest BCUT2D eigenvalue weighted by Gasteiger charge is 2.39. The number of aliphatic carboxylic acids is 1. The molecule has 20 heavy (non-hydrogen) atoms. The van der Waals surface area contributed by atoms with Gasteiger partial charge in [0.2, 0.25) is 0 Å². The van der Waals surface area contributed by atoms with E-state index >= 15 is 0 Å². The van der Waals surface area contributed by atoms with E-state index in [2.05, 4.69) is 5.32 Å². The summed E-state index contributed by atoms with van der Waals surface area (Å²) >= 11 is 0. The number of likely N-dealkylation sites (N-methyl/N-ethyl adjacent to an activating group) is 1. The summed E-state index contributed by atoms with van der Waals surface area (Å²) in [6.07, 6.45) is 2.81. The monoisotopic (exact) mass is 286 g/mol. The number of carboxylic acid groups (broad SMARTS) is 1. The maximum absolute atomic E-state index is 12.1. The molecule has 0 heterocycles. The van der Waals surface area contributed by atoms with Gasteiger partial charge in [-0.25, -0.2) is 4.79 Å². The van der Waals surface area contributed by atoms with Gasteiger partial charge in [-0.3, -0.25) is 4.79 Å². The second kappa shape index (κ2) is 6.43. The maximum Gasteiger partial charge on any atom is 0.317 e. The second-order valence-electron chi connectivity index (χ2n) is 6.41. The second-order valence-corrected chi connectivity index (χ2v) is 6.41. The summed E-state index contributed by atoms with van der Waals surface area (Å²) in [6.45, 7) is 6.30. The Balaban J connectivity index is 2.50. The number of hydrogen-bond acceptors (Lipinski definition) is 3. The molecule has 0 atom stereocenters. The summed E-state index contributed by atoms with van der Waals surface area (Å²) in [5.41, 5.74) is -1.22. The molecule has 0 bridgehead atoms. The number of rotatable bonds is 7. The van der Waals surface area contributed by atoms with Crippen LogP contribution < -0.4 is 5.32 Å². The van der Waals surface area contributed by atoms with Crippen LogP contribution in [0.1, 0.15) is 46.5 Å². The third kappa shape index (κ3) is 5.00. The number of aliphatic hydroxyl groups is 1. The summed E-state index contributed by atoms with van der Waals surface area (Å²) in [5.74, 6) is -0.817. The molecule has 6 nitrogen and oxygen atoms in total. The fourth-order valence-corrected chi connectivity index (χ4v) is 2.58. The Labute approximate surface area is 120 Å². The number of carboxylic acids is 1. The SMILES string of the molecule is CCN(CC(C)(C)O)C(=O)NCC1(CC(=O)O)CCC1. The Morgan fingerprint density at radius 3 is 2.30 bits per heavy atom. The molecule has 1 rings (SSSR count). The highest BCUT2D eigenvalue weighted by Crippen LogP contribution is 2.43. The lowest BCUT2D eigenvalue weighted by molar-refractivity contribution is -0.141. The zero-order chi connectivity index (χ0) is 15.4. The van der Waals surface area contributed by atoms with Crippen molar-refractivity contribution in [2.45, 2.75) is 52.1 Å². The minimum absolute atomic E-state index is 0.102. The average molecular weight is 286 g/mol. The summed E-state index contributed by atoms with van der Waals surface area (Å²) in [6, 6.07) is -0.244. The topological polar surface area (TPSA) is 89.9 Å². The molecule has 0 aromatic carbocycles. The molecule has 3 N–H and O–H groups in total. The first-order valence-corrected chi connectivity index (χ1v) is 7.14. The molecule has 0 radical (unpaired) electrons. The van der Waals surface area contributed by atoms with Crippen LogP contribution in [-0.2, 0) is 4.79 Å². The van der Waals surface area contributed by atoms with Crippen LogP contribution in [0, 0.1) is 5.41 Å². The third-order valence-electron chi connectivity index (χ3n) is 3.80. The highest BCUT2D eigenvalue weighted by atomic mass is 16.4. The number of amides is 2. The van der Waals surface area contributed by atoms with Gasteiger partial charge in [0.1, 0.15) is 0 Å². The van der Waals surface area contributed by atoms with Crippen LogP contribution >= 0.6 is 0 Å². The molecule has 0 unspecified atom stereocenters. The molecule has 6 heteroatoms. The van der Waals surface area contributed by atoms with E-state index in [1.54, 1.807) is 13.8 Å². The molecule has 1 saturated carbocycles. The largest absolute Gasteiger partial charge is 0.481 e. The lowest BCUT2D eigenvalue weighted by Gasteiger charge is -2.41. The highest BCUT2D eigenvalue weighted by molar-refractivity contribution is 5.74. The molecular weight excluding hydrogens is 260 g/mol. The normalized spacial score (nSPS) is 17.2. The average Bonchev–Trinajstić information content (AvgIpc) is 2.27. The van der Waals surface area contributed by atoms with E-state index in [1.165, 1.54) is 4.90 Å². The molecule has 2 amide bonds. The summed E-state index contributed by atoms with van der Waals surface area (Å²) in [4.78, 5) is 24.5. The van der Waals surface area contributed by atoms with Crippen molar-refractivity contribution >= 4 is 12.0 Å². The van der Waals surface area contributed by atoms with E-state index in [9.17, 15) is 14.7 Å². The summed E-state index contributed by atoms with van der Waals surface area (Å²) in [7, 11) is 0. The van der Waals surface area contributed by atoms with Crippen LogP contribution in [0.4, 0.5) is 4.79 Å². The van der Waals surface area contributed by atoms with Gasteiger partial charge in [0.15, 0.2) is 0 Å². The predicted octanol–water partition coefficient (Wildman–Crippen LogP) is 1.43. The van der Waals surface area contributed by atoms with E-state index < -0.39 is 11.6 Å². The number of urea groups is 1. The number of carbonyl (C=O) groups is 2. The first kappa shape index (κ1) is 16.8. The van der Waals surface area contributed by atoms with Crippen LogP contribution in [0.5, 0.6) is 0 Å². The van der Waals surface area contributed by atoms with Crippen molar-refractivity contribution in [1.82, 2.24) is 10.2 Å². The van der Waals surface area contributed by atoms with Crippen LogP contribution in [-0.4, -0.2) is 52.3 Å². The van der Waals surface area contributed by atoms with E-state index in [0.29, 0.717) is 13.1 Å². The molecule has 0 aliphatic heterocycles. The van der Waals surface area contributed by atoms with Gasteiger partial charge < -0.3 is 20.4 Å². The fraction of sp³-hybridized carbons (Fsp3) is 0.857. The van der Waals surface area contributed by atoms with Gasteiger partial charge in [-0.2, -0.15) is 0 Å². The Bertz CT molecular complexity index is 359. The van der Waals surface area contributed by atoms with Gasteiger partial charge in [-0.05, 0) is 39.0 Å². The Hall–Kier alpha value is -1.30. The first-order chi connectivity index (χ1) is 9.17. The first-order valence-electron chi connectivity index (χ1n) is 7.14. The number of hydrogen-bond donors (Lipinski definition) is 3. The zero-order valence-electron chi connectivity index (χ0n) is 12.6. The standard InChI is InChI=1S/C14H26N2O4/c1-4-16(10-13(2,3)20)12(19)15-9-14(6-5-7-14)8-11(17)18/h20H,4-10H2,1-3H3,(H,15,19)(H,17,18). The zero-order valence-corrected chi connectivity index (χ0v) is 12.6. The molecule has 0 spiro atoms. The third-order valence-corrected chi connectivity index (χ3v) is 3.80. The van der Waals surface area contributed by atoms with E-state index in [4.69, 9.17) is 5.11 Å². The van der Waals surface area contributed by atoms with Crippen LogP contribution in [0.2, 0.25) is 0 Å². The minimum Gasteiger partial charge on any atom is -0.481 e. The van der Waals surface area contributed by atoms with Gasteiger partial charge in [0.25, 0.3) is 0 Å². The summed E-state index contributed by atoms with van der Waals surface area (Å²) in [5, 5.41) is 21.5. The predicted molar refractivity (Wildman–Crippen MR) is 75.5 cm³/mol. The Morgan fingerprint density at radius 2 is 1.95 bits per heavy atom. The molecule has 0 aromatic rings. The Morgan fingerprint density at radius 1 is 1.35 bits per heavy atom. The Kier molecular flexibility index (Phi) is 5.39. The van der Waals surface area contributed by atoms with Gasteiger partial charge >= 0.3 is 12.0 Å². The fourth-order valence-electron chi connectivity index (χ4n) is 2.58. The molecular formula is C14H26N2O4. The molecule has 116 valence electrons. The smallest absolute Gasteiger partial charge is 0.317 e. The van der Waals surface area contributed by atoms with Crippen LogP contribution in [0.15, 0.2) is 0 Å². The molecule has 1 fully saturated rings. The molecule has 0 aromatic heterocycles. The number of nitrogens with one attached hydrogen (secondary N) is 1. The van der Waals surface area contributed by atoms with Crippen molar-refractivity contribution in [3.05, 3.63) is 0 Å². The minimum atomic E-state index is -0.942. The van der Waals surface area contributed by atoms with Gasteiger partial charge in [0, 0.05) is 13.1 Å². The quantitative estimate of drug-likeness (QED) is 0.660.